The number of aromatic nitrogens is 1. The summed E-state index contributed by atoms with van der Waals surface area (Å²) in [5.74, 6) is 0.563. The molecule has 1 saturated carbocycles. The minimum atomic E-state index is -0.564. The molecule has 2 heterocycles. The van der Waals surface area contributed by atoms with Crippen molar-refractivity contribution in [2.45, 2.75) is 58.5 Å². The molecule has 4 rings (SSSR count). The van der Waals surface area contributed by atoms with Gasteiger partial charge in [-0.15, -0.1) is 0 Å². The molecule has 156 valence electrons. The number of rotatable bonds is 5. The summed E-state index contributed by atoms with van der Waals surface area (Å²) in [5.41, 5.74) is 4.10. The van der Waals surface area contributed by atoms with Gasteiger partial charge in [0, 0.05) is 60.1 Å². The van der Waals surface area contributed by atoms with Gasteiger partial charge in [-0.3, -0.25) is 0 Å². The van der Waals surface area contributed by atoms with E-state index in [4.69, 9.17) is 4.74 Å². The Hall–Kier alpha value is -1.51. The highest BCUT2D eigenvalue weighted by molar-refractivity contribution is 14.2. The maximum Gasteiger partial charge on any atom is 0.128 e. The van der Waals surface area contributed by atoms with Gasteiger partial charge in [-0.2, -0.15) is 0 Å². The van der Waals surface area contributed by atoms with Crippen molar-refractivity contribution in [1.82, 2.24) is 9.88 Å². The van der Waals surface area contributed by atoms with Crippen molar-refractivity contribution in [1.29, 1.82) is 0 Å². The predicted molar refractivity (Wildman–Crippen MR) is 123 cm³/mol. The molecule has 6 heteroatoms. The van der Waals surface area contributed by atoms with Gasteiger partial charge in [0.2, 0.25) is 0 Å². The molecule has 0 unspecified atom stereocenters. The van der Waals surface area contributed by atoms with Crippen molar-refractivity contribution < 1.29 is 14.2 Å². The van der Waals surface area contributed by atoms with Crippen LogP contribution in [-0.4, -0.2) is 25.4 Å². The van der Waals surface area contributed by atoms with Crippen LogP contribution in [0.4, 0.5) is 4.39 Å². The molecule has 2 aliphatic rings. The van der Waals surface area contributed by atoms with Crippen LogP contribution < -0.4 is 10.1 Å². The molecule has 4 nitrogen and oxygen atoms in total. The molecule has 1 aromatic carbocycles. The lowest BCUT2D eigenvalue weighted by Crippen LogP contribution is -2.29. The molecular weight excluding hydrogens is 482 g/mol. The summed E-state index contributed by atoms with van der Waals surface area (Å²) in [5, 5.41) is 14.1. The Morgan fingerprint density at radius 1 is 1.34 bits per heavy atom. The SMILES string of the molecule is C=CI=C(C)c1ccn([C@@H]2C[C@H](Oc3ccc(F)c4c3CNC4)[C@@H](O)[C@H]2C)c1C. The molecule has 1 aromatic heterocycles. The number of fused-ring (bicyclic) bond motifs is 1. The van der Waals surface area contributed by atoms with Crippen LogP contribution in [0.2, 0.25) is 0 Å². The molecule has 0 saturated heterocycles. The van der Waals surface area contributed by atoms with Gasteiger partial charge < -0.3 is 19.7 Å². The number of halogens is 2. The zero-order valence-corrected chi connectivity index (χ0v) is 19.2. The molecule has 1 aliphatic heterocycles. The molecule has 1 fully saturated rings. The third-order valence-electron chi connectivity index (χ3n) is 6.36. The molecule has 2 N–H and O–H groups in total. The van der Waals surface area contributed by atoms with E-state index in [2.05, 4.69) is 49.5 Å². The predicted octanol–water partition coefficient (Wildman–Crippen LogP) is 4.58. The van der Waals surface area contributed by atoms with E-state index in [1.54, 1.807) is 6.07 Å². The van der Waals surface area contributed by atoms with Gasteiger partial charge in [0.05, 0.1) is 6.10 Å². The van der Waals surface area contributed by atoms with Crippen molar-refractivity contribution in [3.05, 3.63) is 63.3 Å². The van der Waals surface area contributed by atoms with Crippen LogP contribution in [0.15, 0.2) is 35.1 Å². The highest BCUT2D eigenvalue weighted by Crippen LogP contribution is 2.41. The quantitative estimate of drug-likeness (QED) is 0.579. The molecule has 0 radical (unpaired) electrons. The normalized spacial score (nSPS) is 26.9. The average molecular weight is 510 g/mol. The van der Waals surface area contributed by atoms with Gasteiger partial charge in [0.25, 0.3) is 0 Å². The van der Waals surface area contributed by atoms with E-state index < -0.39 is 6.10 Å². The van der Waals surface area contributed by atoms with Crippen LogP contribution in [0.25, 0.3) is 0 Å². The minimum Gasteiger partial charge on any atom is -0.487 e. The van der Waals surface area contributed by atoms with Crippen LogP contribution >= 0.6 is 20.7 Å². The Bertz CT molecular complexity index is 968. The molecule has 0 amide bonds. The zero-order valence-electron chi connectivity index (χ0n) is 17.1. The topological polar surface area (TPSA) is 46.4 Å². The lowest BCUT2D eigenvalue weighted by atomic mass is 10.0. The number of nitrogens with zero attached hydrogens (tertiary/aromatic N) is 1. The van der Waals surface area contributed by atoms with Gasteiger partial charge in [-0.25, -0.2) is 4.39 Å². The first-order valence-corrected chi connectivity index (χ1v) is 12.4. The first kappa shape index (κ1) is 20.8. The highest BCUT2D eigenvalue weighted by Gasteiger charge is 2.43. The fourth-order valence-corrected chi connectivity index (χ4v) is 6.25. The van der Waals surface area contributed by atoms with Crippen molar-refractivity contribution in [3.8, 4) is 5.75 Å². The van der Waals surface area contributed by atoms with Gasteiger partial charge >= 0.3 is 0 Å². The van der Waals surface area contributed by atoms with Crippen LogP contribution in [-0.2, 0) is 13.1 Å². The number of ether oxygens (including phenoxy) is 1. The molecule has 0 bridgehead atoms. The van der Waals surface area contributed by atoms with Crippen LogP contribution in [0.1, 0.15) is 48.7 Å². The van der Waals surface area contributed by atoms with Crippen LogP contribution in [0, 0.1) is 18.7 Å². The van der Waals surface area contributed by atoms with E-state index in [0.29, 0.717) is 24.4 Å². The summed E-state index contributed by atoms with van der Waals surface area (Å²) in [6, 6.07) is 5.51. The summed E-state index contributed by atoms with van der Waals surface area (Å²) in [6.45, 7) is 11.4. The molecular formula is C23H28FIN2O2. The summed E-state index contributed by atoms with van der Waals surface area (Å²) in [7, 11) is 0. The van der Waals surface area contributed by atoms with E-state index in [1.165, 1.54) is 20.8 Å². The first-order chi connectivity index (χ1) is 13.9. The Kier molecular flexibility index (Phi) is 5.95. The fourth-order valence-electron chi connectivity index (χ4n) is 4.68. The molecule has 29 heavy (non-hydrogen) atoms. The minimum absolute atomic E-state index is 0.0694. The second-order valence-corrected chi connectivity index (χ2v) is 11.1. The highest BCUT2D eigenvalue weighted by atomic mass is 127. The monoisotopic (exact) mass is 510 g/mol. The lowest BCUT2D eigenvalue weighted by molar-refractivity contribution is 0.0373. The number of hydrogen-bond donors (Lipinski definition) is 2. The fraction of sp³-hybridized carbons (Fsp3) is 0.435. The first-order valence-electron chi connectivity index (χ1n) is 10.0. The van der Waals surface area contributed by atoms with Crippen LogP contribution in [0.3, 0.4) is 0 Å². The maximum absolute atomic E-state index is 14.0. The largest absolute Gasteiger partial charge is 0.487 e. The van der Waals surface area contributed by atoms with E-state index in [-0.39, 0.29) is 44.6 Å². The van der Waals surface area contributed by atoms with Crippen molar-refractivity contribution in [2.75, 3.05) is 0 Å². The van der Waals surface area contributed by atoms with Crippen molar-refractivity contribution in [2.24, 2.45) is 5.92 Å². The lowest BCUT2D eigenvalue weighted by Gasteiger charge is -2.21. The molecule has 2 aromatic rings. The van der Waals surface area contributed by atoms with E-state index in [1.807, 2.05) is 4.08 Å². The Labute approximate surface area is 181 Å². The Morgan fingerprint density at radius 2 is 2.10 bits per heavy atom. The number of aliphatic hydroxyl groups is 1. The van der Waals surface area contributed by atoms with Gasteiger partial charge in [-0.1, -0.05) is 34.2 Å². The zero-order chi connectivity index (χ0) is 20.7. The summed E-state index contributed by atoms with van der Waals surface area (Å²) >= 11 is -0.143. The van der Waals surface area contributed by atoms with Crippen molar-refractivity contribution in [3.63, 3.8) is 0 Å². The van der Waals surface area contributed by atoms with Crippen LogP contribution in [0.5, 0.6) is 5.75 Å². The van der Waals surface area contributed by atoms with Gasteiger partial charge in [0.15, 0.2) is 0 Å². The number of nitrogens with one attached hydrogen (secondary N) is 1. The van der Waals surface area contributed by atoms with E-state index in [9.17, 15) is 9.50 Å². The molecule has 0 spiro atoms. The summed E-state index contributed by atoms with van der Waals surface area (Å²) < 4.78 is 26.0. The third-order valence-corrected chi connectivity index (χ3v) is 8.32. The van der Waals surface area contributed by atoms with Gasteiger partial charge in [-0.05, 0) is 39.6 Å². The standard InChI is InChI=1S/C23H28FIN2O2/c1-5-25-14(3)16-8-9-27(15(16)4)20-10-22(23(28)13(20)2)29-21-7-6-19(24)17-11-26-12-18(17)21/h5-9,13,20,22-23,26,28H,1,10-12H2,2-4H3/t13-,20+,22-,23-/m0/s1. The number of aliphatic hydroxyl groups excluding tert-OH is 1. The number of benzene rings is 1. The Morgan fingerprint density at radius 3 is 2.86 bits per heavy atom. The average Bonchev–Trinajstić information content (AvgIpc) is 3.39. The molecule has 4 atom stereocenters. The second-order valence-electron chi connectivity index (χ2n) is 7.93. The third kappa shape index (κ3) is 3.70. The summed E-state index contributed by atoms with van der Waals surface area (Å²) in [4.78, 5) is 0. The van der Waals surface area contributed by atoms with Gasteiger partial charge in [0.1, 0.15) is 17.7 Å². The molecule has 1 aliphatic carbocycles. The van der Waals surface area contributed by atoms with Crippen molar-refractivity contribution >= 4 is 24.2 Å². The maximum atomic E-state index is 14.0. The summed E-state index contributed by atoms with van der Waals surface area (Å²) in [6.07, 6.45) is 2.00. The smallest absolute Gasteiger partial charge is 0.128 e. The second kappa shape index (κ2) is 8.32. The van der Waals surface area contributed by atoms with E-state index >= 15 is 0 Å². The van der Waals surface area contributed by atoms with E-state index in [0.717, 1.165) is 12.0 Å². The number of hydrogen-bond acceptors (Lipinski definition) is 3. The Balaban J connectivity index is 1.58.